The quantitative estimate of drug-likeness (QED) is 0.858. The molecule has 0 saturated carbocycles. The van der Waals surface area contributed by atoms with E-state index in [1.165, 1.54) is 4.57 Å². The van der Waals surface area contributed by atoms with Crippen LogP contribution in [0.15, 0.2) is 17.1 Å². The number of piperazine rings is 1. The van der Waals surface area contributed by atoms with Gasteiger partial charge in [-0.05, 0) is 13.0 Å². The molecular weight excluding hydrogens is 356 g/mol. The van der Waals surface area contributed by atoms with Gasteiger partial charge in [-0.15, -0.1) is 12.4 Å². The Morgan fingerprint density at radius 1 is 1.32 bits per heavy atom. The van der Waals surface area contributed by atoms with Crippen molar-refractivity contribution >= 4 is 35.0 Å². The number of carboxylic acid groups (broad SMARTS) is 1. The summed E-state index contributed by atoms with van der Waals surface area (Å²) in [4.78, 5) is 25.1. The lowest BCUT2D eigenvalue weighted by Gasteiger charge is -2.30. The van der Waals surface area contributed by atoms with Gasteiger partial charge in [0, 0.05) is 38.9 Å². The molecule has 0 aliphatic carbocycles. The zero-order valence-electron chi connectivity index (χ0n) is 13.5. The minimum absolute atomic E-state index is 0. The van der Waals surface area contributed by atoms with E-state index >= 15 is 4.39 Å². The molecule has 0 atom stereocenters. The van der Waals surface area contributed by atoms with Crippen LogP contribution in [-0.4, -0.2) is 41.8 Å². The molecule has 25 heavy (non-hydrogen) atoms. The second-order valence-corrected chi connectivity index (χ2v) is 5.62. The van der Waals surface area contributed by atoms with E-state index in [4.69, 9.17) is 5.11 Å². The number of nitrogens with zero attached hydrogens (tertiary/aromatic N) is 2. The lowest BCUT2D eigenvalue weighted by atomic mass is 10.1. The Hall–Kier alpha value is -2.19. The van der Waals surface area contributed by atoms with Gasteiger partial charge in [-0.25, -0.2) is 13.6 Å². The SMILES string of the molecule is CCn1cc(C(=O)O)c(=O)c2cc(F)c(N3CCNCC3)c(F)c21.Cl. The number of carboxylic acids is 1. The van der Waals surface area contributed by atoms with Crippen molar-refractivity contribution in [2.75, 3.05) is 31.1 Å². The highest BCUT2D eigenvalue weighted by molar-refractivity contribution is 5.93. The number of aromatic carboxylic acids is 1. The molecule has 136 valence electrons. The van der Waals surface area contributed by atoms with Crippen LogP contribution in [0.3, 0.4) is 0 Å². The average Bonchev–Trinajstić information content (AvgIpc) is 2.56. The van der Waals surface area contributed by atoms with Crippen molar-refractivity contribution in [3.63, 3.8) is 0 Å². The summed E-state index contributed by atoms with van der Waals surface area (Å²) in [5.41, 5.74) is -1.62. The first-order valence-corrected chi connectivity index (χ1v) is 7.69. The predicted octanol–water partition coefficient (Wildman–Crippen LogP) is 1.83. The van der Waals surface area contributed by atoms with Gasteiger partial charge < -0.3 is 19.9 Å². The Balaban J connectivity index is 0.00000225. The standard InChI is InChI=1S/C16H17F2N3O3.ClH/c1-2-20-8-10(16(23)24)15(22)9-7-11(17)14(12(18)13(9)20)21-5-3-19-4-6-21;/h7-8,19H,2-6H2,1H3,(H,23,24);1H. The number of rotatable bonds is 3. The van der Waals surface area contributed by atoms with Crippen LogP contribution in [-0.2, 0) is 6.54 Å². The Bertz CT molecular complexity index is 879. The topological polar surface area (TPSA) is 74.6 Å². The molecule has 0 amide bonds. The zero-order valence-corrected chi connectivity index (χ0v) is 14.3. The summed E-state index contributed by atoms with van der Waals surface area (Å²) < 4.78 is 30.9. The normalized spacial score (nSPS) is 14.4. The first-order valence-electron chi connectivity index (χ1n) is 7.69. The van der Waals surface area contributed by atoms with Gasteiger partial charge in [-0.3, -0.25) is 4.79 Å². The average molecular weight is 374 g/mol. The van der Waals surface area contributed by atoms with E-state index in [9.17, 15) is 14.0 Å². The van der Waals surface area contributed by atoms with Crippen molar-refractivity contribution < 1.29 is 18.7 Å². The highest BCUT2D eigenvalue weighted by Crippen LogP contribution is 2.30. The van der Waals surface area contributed by atoms with E-state index in [2.05, 4.69) is 5.32 Å². The molecule has 2 aromatic rings. The highest BCUT2D eigenvalue weighted by atomic mass is 35.5. The number of hydrogen-bond donors (Lipinski definition) is 2. The fourth-order valence-corrected chi connectivity index (χ4v) is 3.06. The third kappa shape index (κ3) is 3.19. The van der Waals surface area contributed by atoms with Crippen LogP contribution < -0.4 is 15.6 Å². The number of pyridine rings is 1. The van der Waals surface area contributed by atoms with E-state index < -0.39 is 28.6 Å². The van der Waals surface area contributed by atoms with E-state index in [1.807, 2.05) is 0 Å². The Morgan fingerprint density at radius 3 is 2.52 bits per heavy atom. The van der Waals surface area contributed by atoms with Crippen molar-refractivity contribution in [3.05, 3.63) is 39.7 Å². The minimum atomic E-state index is -1.42. The first kappa shape index (κ1) is 19.1. The molecule has 9 heteroatoms. The fourth-order valence-electron chi connectivity index (χ4n) is 3.06. The van der Waals surface area contributed by atoms with Crippen LogP contribution in [0, 0.1) is 11.6 Å². The molecule has 1 saturated heterocycles. The summed E-state index contributed by atoms with van der Waals surface area (Å²) in [6.07, 6.45) is 1.11. The van der Waals surface area contributed by atoms with Crippen LogP contribution in [0.5, 0.6) is 0 Å². The Labute approximate surface area is 148 Å². The maximum absolute atomic E-state index is 15.1. The summed E-state index contributed by atoms with van der Waals surface area (Å²) in [5.74, 6) is -3.11. The number of hydrogen-bond acceptors (Lipinski definition) is 4. The molecule has 1 aromatic heterocycles. The number of aromatic nitrogens is 1. The number of fused-ring (bicyclic) bond motifs is 1. The maximum Gasteiger partial charge on any atom is 0.341 e. The molecule has 1 aliphatic rings. The van der Waals surface area contributed by atoms with Gasteiger partial charge in [0.2, 0.25) is 5.43 Å². The summed E-state index contributed by atoms with van der Waals surface area (Å²) in [6.45, 7) is 4.06. The number of anilines is 1. The molecule has 0 unspecified atom stereocenters. The summed E-state index contributed by atoms with van der Waals surface area (Å²) in [6, 6.07) is 0.941. The summed E-state index contributed by atoms with van der Waals surface area (Å²) in [7, 11) is 0. The third-order valence-electron chi connectivity index (χ3n) is 4.23. The number of carbonyl (C=O) groups is 1. The van der Waals surface area contributed by atoms with Crippen molar-refractivity contribution in [2.24, 2.45) is 0 Å². The third-order valence-corrected chi connectivity index (χ3v) is 4.23. The second-order valence-electron chi connectivity index (χ2n) is 5.62. The molecule has 3 rings (SSSR count). The first-order chi connectivity index (χ1) is 11.5. The van der Waals surface area contributed by atoms with Gasteiger partial charge in [0.1, 0.15) is 17.1 Å². The molecular formula is C16H18ClF2N3O3. The van der Waals surface area contributed by atoms with Gasteiger partial charge in [-0.1, -0.05) is 0 Å². The monoisotopic (exact) mass is 373 g/mol. The smallest absolute Gasteiger partial charge is 0.341 e. The van der Waals surface area contributed by atoms with E-state index in [1.54, 1.807) is 11.8 Å². The molecule has 0 spiro atoms. The maximum atomic E-state index is 15.1. The van der Waals surface area contributed by atoms with Gasteiger partial charge in [0.25, 0.3) is 0 Å². The van der Waals surface area contributed by atoms with E-state index in [-0.39, 0.29) is 35.5 Å². The van der Waals surface area contributed by atoms with Gasteiger partial charge in [0.15, 0.2) is 5.82 Å². The van der Waals surface area contributed by atoms with Crippen LogP contribution in [0.25, 0.3) is 10.9 Å². The number of benzene rings is 1. The van der Waals surface area contributed by atoms with Crippen LogP contribution >= 0.6 is 12.4 Å². The fraction of sp³-hybridized carbons (Fsp3) is 0.375. The van der Waals surface area contributed by atoms with Gasteiger partial charge in [-0.2, -0.15) is 0 Å². The summed E-state index contributed by atoms with van der Waals surface area (Å²) in [5, 5.41) is 12.0. The van der Waals surface area contributed by atoms with Crippen LogP contribution in [0.4, 0.5) is 14.5 Å². The largest absolute Gasteiger partial charge is 0.477 e. The van der Waals surface area contributed by atoms with Crippen molar-refractivity contribution in [1.29, 1.82) is 0 Å². The number of aryl methyl sites for hydroxylation is 1. The number of nitrogens with one attached hydrogen (secondary N) is 1. The molecule has 0 radical (unpaired) electrons. The minimum Gasteiger partial charge on any atom is -0.477 e. The molecule has 1 aliphatic heterocycles. The van der Waals surface area contributed by atoms with Gasteiger partial charge in [0.05, 0.1) is 10.9 Å². The summed E-state index contributed by atoms with van der Waals surface area (Å²) >= 11 is 0. The Morgan fingerprint density at radius 2 is 1.96 bits per heavy atom. The van der Waals surface area contributed by atoms with Gasteiger partial charge >= 0.3 is 5.97 Å². The molecule has 1 fully saturated rings. The van der Waals surface area contributed by atoms with E-state index in [0.29, 0.717) is 26.2 Å². The van der Waals surface area contributed by atoms with Crippen LogP contribution in [0.1, 0.15) is 17.3 Å². The van der Waals surface area contributed by atoms with Crippen molar-refractivity contribution in [2.45, 2.75) is 13.5 Å². The molecule has 6 nitrogen and oxygen atoms in total. The predicted molar refractivity (Wildman–Crippen MR) is 93.1 cm³/mol. The molecule has 1 aromatic carbocycles. The molecule has 0 bridgehead atoms. The van der Waals surface area contributed by atoms with E-state index in [0.717, 1.165) is 12.3 Å². The number of halogens is 3. The lowest BCUT2D eigenvalue weighted by Crippen LogP contribution is -2.44. The van der Waals surface area contributed by atoms with Crippen molar-refractivity contribution in [1.82, 2.24) is 9.88 Å². The Kier molecular flexibility index (Phi) is 5.64. The van der Waals surface area contributed by atoms with Crippen molar-refractivity contribution in [3.8, 4) is 0 Å². The lowest BCUT2D eigenvalue weighted by molar-refractivity contribution is 0.0695. The zero-order chi connectivity index (χ0) is 17.4. The molecule has 2 N–H and O–H groups in total. The highest BCUT2D eigenvalue weighted by Gasteiger charge is 2.25. The molecule has 2 heterocycles. The second kappa shape index (κ2) is 7.37. The van der Waals surface area contributed by atoms with Crippen LogP contribution in [0.2, 0.25) is 0 Å².